The van der Waals surface area contributed by atoms with Crippen molar-refractivity contribution >= 4 is 43.9 Å². The van der Waals surface area contributed by atoms with Crippen molar-refractivity contribution in [1.29, 1.82) is 0 Å². The van der Waals surface area contributed by atoms with E-state index in [1.54, 1.807) is 43.8 Å². The normalized spacial score (nSPS) is 11.7. The van der Waals surface area contributed by atoms with Crippen LogP contribution in [0.25, 0.3) is 22.2 Å². The van der Waals surface area contributed by atoms with Crippen molar-refractivity contribution in [2.75, 3.05) is 63.5 Å². The molecular weight excluding hydrogens is 478 g/mol. The predicted octanol–water partition coefficient (Wildman–Crippen LogP) is 3.24. The highest BCUT2D eigenvalue weighted by molar-refractivity contribution is 7.89. The number of aromatic nitrogens is 3. The Kier molecular flexibility index (Phi) is 7.04. The van der Waals surface area contributed by atoms with Crippen LogP contribution in [0.1, 0.15) is 0 Å². The zero-order valence-electron chi connectivity index (χ0n) is 21.1. The maximum Gasteiger partial charge on any atom is 0.236 e. The van der Waals surface area contributed by atoms with Gasteiger partial charge in [-0.15, -0.1) is 0 Å². The maximum absolute atomic E-state index is 12.3. The average molecular weight is 510 g/mol. The number of nitrogen functional groups attached to an aromatic ring is 1. The van der Waals surface area contributed by atoms with Crippen LogP contribution in [0.2, 0.25) is 0 Å². The SMILES string of the molecule is COc1cc(N(C)CCN(C)C)c(N)cc1Nc1nccc(-c2cn(S(C)(=O)=O)c3ccccc23)n1. The third kappa shape index (κ3) is 5.21. The summed E-state index contributed by atoms with van der Waals surface area (Å²) < 4.78 is 31.6. The van der Waals surface area contributed by atoms with Crippen molar-refractivity contribution in [3.63, 3.8) is 0 Å². The van der Waals surface area contributed by atoms with Crippen molar-refractivity contribution in [3.05, 3.63) is 54.9 Å². The fourth-order valence-electron chi connectivity index (χ4n) is 3.97. The smallest absolute Gasteiger partial charge is 0.236 e. The molecule has 0 aliphatic rings. The summed E-state index contributed by atoms with van der Waals surface area (Å²) in [4.78, 5) is 13.2. The molecule has 0 saturated carbocycles. The number of nitrogens with one attached hydrogen (secondary N) is 1. The van der Waals surface area contributed by atoms with Crippen LogP contribution in [-0.4, -0.2) is 74.9 Å². The summed E-state index contributed by atoms with van der Waals surface area (Å²) >= 11 is 0. The van der Waals surface area contributed by atoms with Gasteiger partial charge < -0.3 is 25.6 Å². The van der Waals surface area contributed by atoms with Crippen LogP contribution in [0, 0.1) is 0 Å². The van der Waals surface area contributed by atoms with Crippen molar-refractivity contribution in [2.45, 2.75) is 0 Å². The highest BCUT2D eigenvalue weighted by Gasteiger charge is 2.18. The lowest BCUT2D eigenvalue weighted by Gasteiger charge is -2.24. The number of hydrogen-bond donors (Lipinski definition) is 2. The van der Waals surface area contributed by atoms with Crippen molar-refractivity contribution in [2.24, 2.45) is 0 Å². The Morgan fingerprint density at radius 2 is 1.86 bits per heavy atom. The molecule has 0 atom stereocenters. The van der Waals surface area contributed by atoms with Gasteiger partial charge in [-0.2, -0.15) is 0 Å². The third-order valence-electron chi connectivity index (χ3n) is 5.86. The first kappa shape index (κ1) is 25.3. The monoisotopic (exact) mass is 509 g/mol. The lowest BCUT2D eigenvalue weighted by Crippen LogP contribution is -2.29. The van der Waals surface area contributed by atoms with E-state index in [4.69, 9.17) is 10.5 Å². The molecule has 0 amide bonds. The van der Waals surface area contributed by atoms with E-state index >= 15 is 0 Å². The Bertz CT molecular complexity index is 1500. The van der Waals surface area contributed by atoms with Crippen LogP contribution in [0.15, 0.2) is 54.9 Å². The molecule has 190 valence electrons. The first-order valence-corrected chi connectivity index (χ1v) is 13.2. The molecule has 2 aromatic heterocycles. The molecule has 2 heterocycles. The van der Waals surface area contributed by atoms with E-state index < -0.39 is 10.0 Å². The molecular formula is C25H31N7O3S. The summed E-state index contributed by atoms with van der Waals surface area (Å²) in [6, 6.07) is 12.7. The van der Waals surface area contributed by atoms with E-state index in [-0.39, 0.29) is 0 Å². The molecule has 0 fully saturated rings. The molecule has 3 N–H and O–H groups in total. The van der Waals surface area contributed by atoms with Crippen molar-refractivity contribution in [1.82, 2.24) is 18.8 Å². The number of nitrogens with zero attached hydrogens (tertiary/aromatic N) is 5. The van der Waals surface area contributed by atoms with Gasteiger partial charge in [-0.25, -0.2) is 22.4 Å². The standard InChI is InChI=1S/C25H31N7O3S/c1-30(2)12-13-31(3)23-15-24(35-4)21(14-19(23)26)29-25-27-11-10-20(28-25)18-16-32(36(5,33)34)22-9-7-6-8-17(18)22/h6-11,14-16H,12-13,26H2,1-5H3,(H,27,28,29). The van der Waals surface area contributed by atoms with Crippen LogP contribution in [-0.2, 0) is 10.0 Å². The van der Waals surface area contributed by atoms with Gasteiger partial charge in [0.05, 0.1) is 41.6 Å². The number of para-hydroxylation sites is 1. The second-order valence-electron chi connectivity index (χ2n) is 8.85. The Balaban J connectivity index is 1.68. The Hall–Kier alpha value is -3.83. The minimum atomic E-state index is -3.49. The Labute approximate surface area is 211 Å². The van der Waals surface area contributed by atoms with Gasteiger partial charge in [-0.05, 0) is 32.3 Å². The molecule has 0 unspecified atom stereocenters. The maximum atomic E-state index is 12.3. The zero-order chi connectivity index (χ0) is 26.0. The Morgan fingerprint density at radius 1 is 1.11 bits per heavy atom. The number of methoxy groups -OCH3 is 1. The van der Waals surface area contributed by atoms with Gasteiger partial charge in [0.25, 0.3) is 0 Å². The number of benzene rings is 2. The van der Waals surface area contributed by atoms with Crippen LogP contribution >= 0.6 is 0 Å². The van der Waals surface area contributed by atoms with Gasteiger partial charge in [0.15, 0.2) is 0 Å². The van der Waals surface area contributed by atoms with Crippen LogP contribution in [0.3, 0.4) is 0 Å². The summed E-state index contributed by atoms with van der Waals surface area (Å²) in [7, 11) is 4.14. The van der Waals surface area contributed by atoms with Gasteiger partial charge in [-0.1, -0.05) is 18.2 Å². The molecule has 36 heavy (non-hydrogen) atoms. The molecule has 0 bridgehead atoms. The highest BCUT2D eigenvalue weighted by Crippen LogP contribution is 2.37. The number of fused-ring (bicyclic) bond motifs is 1. The first-order chi connectivity index (χ1) is 17.1. The molecule has 10 nitrogen and oxygen atoms in total. The van der Waals surface area contributed by atoms with Crippen LogP contribution in [0.4, 0.5) is 23.0 Å². The quantitative estimate of drug-likeness (QED) is 0.328. The summed E-state index contributed by atoms with van der Waals surface area (Å²) in [5.41, 5.74) is 10.3. The molecule has 11 heteroatoms. The average Bonchev–Trinajstić information content (AvgIpc) is 3.23. The van der Waals surface area contributed by atoms with Gasteiger partial charge >= 0.3 is 0 Å². The fourth-order valence-corrected chi connectivity index (χ4v) is 4.78. The van der Waals surface area contributed by atoms with Crippen LogP contribution in [0.5, 0.6) is 5.75 Å². The highest BCUT2D eigenvalue weighted by atomic mass is 32.2. The van der Waals surface area contributed by atoms with E-state index in [9.17, 15) is 8.42 Å². The van der Waals surface area contributed by atoms with E-state index in [0.29, 0.717) is 39.8 Å². The first-order valence-electron chi connectivity index (χ1n) is 11.3. The fraction of sp³-hybridized carbons (Fsp3) is 0.280. The molecule has 4 aromatic rings. The molecule has 0 aliphatic carbocycles. The second kappa shape index (κ2) is 10.0. The number of anilines is 4. The number of ether oxygens (including phenoxy) is 1. The summed E-state index contributed by atoms with van der Waals surface area (Å²) in [5.74, 6) is 0.925. The van der Waals surface area contributed by atoms with Crippen molar-refractivity contribution in [3.8, 4) is 17.0 Å². The number of nitrogens with two attached hydrogens (primary N) is 1. The van der Waals surface area contributed by atoms with E-state index in [1.807, 2.05) is 39.3 Å². The molecule has 2 aromatic carbocycles. The van der Waals surface area contributed by atoms with Crippen LogP contribution < -0.4 is 20.7 Å². The lowest BCUT2D eigenvalue weighted by molar-refractivity contribution is 0.413. The van der Waals surface area contributed by atoms with Gasteiger partial charge in [0.1, 0.15) is 5.75 Å². The van der Waals surface area contributed by atoms with Gasteiger partial charge in [0.2, 0.25) is 16.0 Å². The summed E-state index contributed by atoms with van der Waals surface area (Å²) in [6.07, 6.45) is 4.38. The predicted molar refractivity (Wildman–Crippen MR) is 146 cm³/mol. The minimum Gasteiger partial charge on any atom is -0.494 e. The van der Waals surface area contributed by atoms with Gasteiger partial charge in [0, 0.05) is 49.5 Å². The molecule has 0 saturated heterocycles. The number of hydrogen-bond acceptors (Lipinski definition) is 9. The van der Waals surface area contributed by atoms with E-state index in [1.165, 1.54) is 10.2 Å². The molecule has 4 rings (SSSR count). The second-order valence-corrected chi connectivity index (χ2v) is 10.7. The summed E-state index contributed by atoms with van der Waals surface area (Å²) in [5, 5.41) is 3.97. The number of likely N-dealkylation sites (N-methyl/N-ethyl adjacent to an activating group) is 2. The van der Waals surface area contributed by atoms with E-state index in [2.05, 4.69) is 25.1 Å². The largest absolute Gasteiger partial charge is 0.494 e. The molecule has 0 aliphatic heterocycles. The zero-order valence-corrected chi connectivity index (χ0v) is 21.9. The molecule has 0 radical (unpaired) electrons. The minimum absolute atomic E-state index is 0.329. The van der Waals surface area contributed by atoms with Gasteiger partial charge in [-0.3, -0.25) is 0 Å². The van der Waals surface area contributed by atoms with Crippen molar-refractivity contribution < 1.29 is 13.2 Å². The number of rotatable bonds is 9. The lowest BCUT2D eigenvalue weighted by atomic mass is 10.1. The van der Waals surface area contributed by atoms with E-state index in [0.717, 1.165) is 24.2 Å². The summed E-state index contributed by atoms with van der Waals surface area (Å²) in [6.45, 7) is 1.69. The third-order valence-corrected chi connectivity index (χ3v) is 6.87. The molecule has 0 spiro atoms. The Morgan fingerprint density at radius 3 is 2.56 bits per heavy atom. The topological polar surface area (TPSA) is 119 Å².